The molecular formula is C7H11BrO2. The molecule has 58 valence electrons. The number of halogens is 1. The highest BCUT2D eigenvalue weighted by Gasteiger charge is 2.20. The van der Waals surface area contributed by atoms with E-state index in [0.717, 1.165) is 19.3 Å². The van der Waals surface area contributed by atoms with Gasteiger partial charge >= 0.3 is 0 Å². The van der Waals surface area contributed by atoms with Crippen LogP contribution in [0.5, 0.6) is 0 Å². The van der Waals surface area contributed by atoms with Gasteiger partial charge in [-0.2, -0.15) is 0 Å². The molecule has 3 heteroatoms. The van der Waals surface area contributed by atoms with E-state index in [-0.39, 0.29) is 6.10 Å². The Balaban J connectivity index is 2.24. The lowest BCUT2D eigenvalue weighted by Gasteiger charge is -2.23. The smallest absolute Gasteiger partial charge is 0.293 e. The minimum atomic E-state index is 0.163. The van der Waals surface area contributed by atoms with Crippen LogP contribution in [0.4, 0.5) is 0 Å². The molecule has 0 heterocycles. The standard InChI is InChI=1S/C7H11BrO2/c8-6-2-1-3-7(4-6)10-5-9/h5-7H,1-4H2. The van der Waals surface area contributed by atoms with Crippen LogP contribution in [0.25, 0.3) is 0 Å². The molecule has 0 spiro atoms. The van der Waals surface area contributed by atoms with Crippen LogP contribution in [0, 0.1) is 0 Å². The molecule has 2 nitrogen and oxygen atoms in total. The molecule has 0 saturated heterocycles. The number of carbonyl (C=O) groups is 1. The molecule has 1 fully saturated rings. The molecular weight excluding hydrogens is 196 g/mol. The summed E-state index contributed by atoms with van der Waals surface area (Å²) in [6, 6.07) is 0. The molecule has 0 N–H and O–H groups in total. The van der Waals surface area contributed by atoms with Crippen molar-refractivity contribution in [2.24, 2.45) is 0 Å². The normalized spacial score (nSPS) is 33.3. The minimum absolute atomic E-state index is 0.163. The van der Waals surface area contributed by atoms with E-state index in [9.17, 15) is 4.79 Å². The van der Waals surface area contributed by atoms with Crippen LogP contribution < -0.4 is 0 Å². The second-order valence-corrected chi connectivity index (χ2v) is 3.91. The number of hydrogen-bond donors (Lipinski definition) is 0. The number of ether oxygens (including phenoxy) is 1. The zero-order valence-electron chi connectivity index (χ0n) is 5.75. The van der Waals surface area contributed by atoms with E-state index in [1.165, 1.54) is 6.42 Å². The first-order valence-corrected chi connectivity index (χ1v) is 4.47. The van der Waals surface area contributed by atoms with Crippen molar-refractivity contribution >= 4 is 22.4 Å². The molecule has 0 aromatic carbocycles. The predicted molar refractivity (Wildman–Crippen MR) is 42.1 cm³/mol. The van der Waals surface area contributed by atoms with Gasteiger partial charge in [-0.05, 0) is 25.7 Å². The molecule has 0 aromatic rings. The highest BCUT2D eigenvalue weighted by atomic mass is 79.9. The van der Waals surface area contributed by atoms with Crippen LogP contribution in [0.15, 0.2) is 0 Å². The van der Waals surface area contributed by atoms with E-state index in [2.05, 4.69) is 15.9 Å². The van der Waals surface area contributed by atoms with E-state index in [4.69, 9.17) is 4.74 Å². The Labute approximate surface area is 69.1 Å². The second kappa shape index (κ2) is 3.96. The van der Waals surface area contributed by atoms with Crippen molar-refractivity contribution < 1.29 is 9.53 Å². The average molecular weight is 207 g/mol. The fourth-order valence-corrected chi connectivity index (χ4v) is 2.03. The monoisotopic (exact) mass is 206 g/mol. The van der Waals surface area contributed by atoms with Crippen molar-refractivity contribution in [1.82, 2.24) is 0 Å². The van der Waals surface area contributed by atoms with E-state index < -0.39 is 0 Å². The van der Waals surface area contributed by atoms with Crippen LogP contribution in [0.1, 0.15) is 25.7 Å². The molecule has 1 saturated carbocycles. The molecule has 10 heavy (non-hydrogen) atoms. The first-order valence-electron chi connectivity index (χ1n) is 3.56. The predicted octanol–water partition coefficient (Wildman–Crippen LogP) is 1.87. The third-order valence-corrected chi connectivity index (χ3v) is 2.64. The maximum atomic E-state index is 9.94. The minimum Gasteiger partial charge on any atom is -0.465 e. The van der Waals surface area contributed by atoms with Gasteiger partial charge in [-0.15, -0.1) is 0 Å². The van der Waals surface area contributed by atoms with E-state index >= 15 is 0 Å². The summed E-state index contributed by atoms with van der Waals surface area (Å²) < 4.78 is 4.84. The van der Waals surface area contributed by atoms with E-state index in [0.29, 0.717) is 11.3 Å². The maximum Gasteiger partial charge on any atom is 0.293 e. The zero-order chi connectivity index (χ0) is 7.40. The first-order chi connectivity index (χ1) is 4.83. The Morgan fingerprint density at radius 3 is 2.90 bits per heavy atom. The van der Waals surface area contributed by atoms with E-state index in [1.54, 1.807) is 0 Å². The number of alkyl halides is 1. The summed E-state index contributed by atoms with van der Waals surface area (Å²) in [6.45, 7) is 0.551. The highest BCUT2D eigenvalue weighted by molar-refractivity contribution is 9.09. The summed E-state index contributed by atoms with van der Waals surface area (Å²) >= 11 is 3.50. The summed E-state index contributed by atoms with van der Waals surface area (Å²) in [4.78, 5) is 10.5. The van der Waals surface area contributed by atoms with Gasteiger partial charge < -0.3 is 4.74 Å². The lowest BCUT2D eigenvalue weighted by atomic mass is 9.98. The SMILES string of the molecule is O=COC1CCCC(Br)C1. The molecule has 1 rings (SSSR count). The molecule has 0 bridgehead atoms. The lowest BCUT2D eigenvalue weighted by Crippen LogP contribution is -2.22. The molecule has 2 atom stereocenters. The quantitative estimate of drug-likeness (QED) is 0.510. The van der Waals surface area contributed by atoms with Gasteiger partial charge in [0.05, 0.1) is 0 Å². The van der Waals surface area contributed by atoms with Gasteiger partial charge in [0.2, 0.25) is 0 Å². The number of hydrogen-bond acceptors (Lipinski definition) is 2. The molecule has 2 unspecified atom stereocenters. The molecule has 0 aliphatic heterocycles. The van der Waals surface area contributed by atoms with Crippen molar-refractivity contribution in [3.8, 4) is 0 Å². The second-order valence-electron chi connectivity index (χ2n) is 2.62. The van der Waals surface area contributed by atoms with Gasteiger partial charge in [-0.25, -0.2) is 0 Å². The third kappa shape index (κ3) is 2.29. The van der Waals surface area contributed by atoms with Crippen molar-refractivity contribution in [1.29, 1.82) is 0 Å². The summed E-state index contributed by atoms with van der Waals surface area (Å²) in [6.07, 6.45) is 4.53. The Hall–Kier alpha value is -0.0500. The van der Waals surface area contributed by atoms with Crippen LogP contribution >= 0.6 is 15.9 Å². The fourth-order valence-electron chi connectivity index (χ4n) is 1.29. The number of carbonyl (C=O) groups excluding carboxylic acids is 1. The fraction of sp³-hybridized carbons (Fsp3) is 0.857. The average Bonchev–Trinajstić information content (AvgIpc) is 1.88. The molecule has 0 radical (unpaired) electrons. The van der Waals surface area contributed by atoms with Gasteiger partial charge in [0.1, 0.15) is 6.10 Å². The Kier molecular flexibility index (Phi) is 3.19. The molecule has 0 aromatic heterocycles. The van der Waals surface area contributed by atoms with Gasteiger partial charge in [0.25, 0.3) is 6.47 Å². The van der Waals surface area contributed by atoms with Crippen LogP contribution in [-0.2, 0) is 9.53 Å². The molecule has 1 aliphatic rings. The maximum absolute atomic E-state index is 9.94. The van der Waals surface area contributed by atoms with E-state index in [1.807, 2.05) is 0 Å². The van der Waals surface area contributed by atoms with Crippen LogP contribution in [-0.4, -0.2) is 17.4 Å². The van der Waals surface area contributed by atoms with Crippen molar-refractivity contribution in [3.05, 3.63) is 0 Å². The zero-order valence-corrected chi connectivity index (χ0v) is 7.34. The van der Waals surface area contributed by atoms with Gasteiger partial charge in [0, 0.05) is 4.83 Å². The summed E-state index contributed by atoms with van der Waals surface area (Å²) in [5.74, 6) is 0. The van der Waals surface area contributed by atoms with Crippen molar-refractivity contribution in [3.63, 3.8) is 0 Å². The van der Waals surface area contributed by atoms with Crippen molar-refractivity contribution in [2.45, 2.75) is 36.6 Å². The Morgan fingerprint density at radius 2 is 2.30 bits per heavy atom. The van der Waals surface area contributed by atoms with Gasteiger partial charge in [-0.3, -0.25) is 4.79 Å². The summed E-state index contributed by atoms with van der Waals surface area (Å²) in [5.41, 5.74) is 0. The van der Waals surface area contributed by atoms with Crippen LogP contribution in [0.3, 0.4) is 0 Å². The third-order valence-electron chi connectivity index (χ3n) is 1.81. The first kappa shape index (κ1) is 8.05. The largest absolute Gasteiger partial charge is 0.465 e. The van der Waals surface area contributed by atoms with Crippen LogP contribution in [0.2, 0.25) is 0 Å². The Bertz CT molecular complexity index is 116. The molecule has 0 amide bonds. The number of rotatable bonds is 2. The lowest BCUT2D eigenvalue weighted by molar-refractivity contribution is -0.134. The topological polar surface area (TPSA) is 26.3 Å². The summed E-state index contributed by atoms with van der Waals surface area (Å²) in [5, 5.41) is 0. The van der Waals surface area contributed by atoms with Crippen molar-refractivity contribution in [2.75, 3.05) is 0 Å². The highest BCUT2D eigenvalue weighted by Crippen LogP contribution is 2.25. The van der Waals surface area contributed by atoms with Gasteiger partial charge in [0.15, 0.2) is 0 Å². The molecule has 1 aliphatic carbocycles. The van der Waals surface area contributed by atoms with Gasteiger partial charge in [-0.1, -0.05) is 15.9 Å². The Morgan fingerprint density at radius 1 is 1.50 bits per heavy atom. The summed E-state index contributed by atoms with van der Waals surface area (Å²) in [7, 11) is 0.